The van der Waals surface area contributed by atoms with Crippen molar-refractivity contribution >= 4 is 38.4 Å². The van der Waals surface area contributed by atoms with E-state index < -0.39 is 15.8 Å². The average molecular weight is 402 g/mol. The molecular weight excluding hydrogens is 383 g/mol. The van der Waals surface area contributed by atoms with Crippen LogP contribution in [0.15, 0.2) is 27.6 Å². The third kappa shape index (κ3) is 4.89. The zero-order valence-electron chi connectivity index (χ0n) is 11.7. The number of hydrogen-bond acceptors (Lipinski definition) is 3. The van der Waals surface area contributed by atoms with E-state index in [1.807, 2.05) is 0 Å². The van der Waals surface area contributed by atoms with Crippen LogP contribution in [0.5, 0.6) is 0 Å². The van der Waals surface area contributed by atoms with Gasteiger partial charge in [0, 0.05) is 6.54 Å². The minimum absolute atomic E-state index is 0. The van der Waals surface area contributed by atoms with Crippen molar-refractivity contribution in [2.45, 2.75) is 24.7 Å². The predicted molar refractivity (Wildman–Crippen MR) is 86.7 cm³/mol. The van der Waals surface area contributed by atoms with Gasteiger partial charge < -0.3 is 5.32 Å². The van der Waals surface area contributed by atoms with Gasteiger partial charge in [-0.05, 0) is 65.5 Å². The van der Waals surface area contributed by atoms with Crippen molar-refractivity contribution in [1.82, 2.24) is 10.0 Å². The first-order valence-corrected chi connectivity index (χ1v) is 8.76. The van der Waals surface area contributed by atoms with Gasteiger partial charge in [-0.2, -0.15) is 0 Å². The zero-order valence-corrected chi connectivity index (χ0v) is 14.9. The lowest BCUT2D eigenvalue weighted by molar-refractivity contribution is 0.232. The van der Waals surface area contributed by atoms with Crippen molar-refractivity contribution in [1.29, 1.82) is 0 Å². The number of sulfonamides is 1. The van der Waals surface area contributed by atoms with Crippen molar-refractivity contribution in [3.8, 4) is 0 Å². The summed E-state index contributed by atoms with van der Waals surface area (Å²) in [4.78, 5) is -0.0456. The van der Waals surface area contributed by atoms with E-state index in [0.717, 1.165) is 32.0 Å². The Balaban J connectivity index is 0.00000220. The van der Waals surface area contributed by atoms with E-state index in [2.05, 4.69) is 32.9 Å². The lowest BCUT2D eigenvalue weighted by Crippen LogP contribution is -2.42. The first-order valence-electron chi connectivity index (χ1n) is 6.48. The SMILES string of the molecule is CC1(CNS(=O)(=O)c2ccc(Br)c(F)c2)CCNCC1.Cl. The molecule has 1 aromatic carbocycles. The van der Waals surface area contributed by atoms with Crippen molar-refractivity contribution in [2.75, 3.05) is 19.6 Å². The molecule has 0 saturated carbocycles. The Morgan fingerprint density at radius 2 is 2.00 bits per heavy atom. The second kappa shape index (κ2) is 7.37. The summed E-state index contributed by atoms with van der Waals surface area (Å²) in [6.45, 7) is 4.23. The van der Waals surface area contributed by atoms with Gasteiger partial charge in [0.05, 0.1) is 9.37 Å². The van der Waals surface area contributed by atoms with Crippen molar-refractivity contribution in [2.24, 2.45) is 5.41 Å². The molecule has 120 valence electrons. The lowest BCUT2D eigenvalue weighted by Gasteiger charge is -2.34. The molecule has 0 aliphatic carbocycles. The van der Waals surface area contributed by atoms with Crippen LogP contribution in [0.3, 0.4) is 0 Å². The van der Waals surface area contributed by atoms with Crippen molar-refractivity contribution in [3.05, 3.63) is 28.5 Å². The van der Waals surface area contributed by atoms with E-state index in [-0.39, 0.29) is 27.2 Å². The molecule has 2 N–H and O–H groups in total. The average Bonchev–Trinajstić information content (AvgIpc) is 2.41. The van der Waals surface area contributed by atoms with Gasteiger partial charge in [-0.15, -0.1) is 12.4 Å². The van der Waals surface area contributed by atoms with Gasteiger partial charge in [0.1, 0.15) is 5.82 Å². The Kier molecular flexibility index (Phi) is 6.61. The molecule has 0 atom stereocenters. The van der Waals surface area contributed by atoms with Crippen LogP contribution in [0.2, 0.25) is 0 Å². The molecule has 1 aromatic rings. The van der Waals surface area contributed by atoms with E-state index in [1.165, 1.54) is 12.1 Å². The monoisotopic (exact) mass is 400 g/mol. The smallest absolute Gasteiger partial charge is 0.240 e. The minimum Gasteiger partial charge on any atom is -0.317 e. The summed E-state index contributed by atoms with van der Waals surface area (Å²) in [6.07, 6.45) is 1.84. The molecule has 21 heavy (non-hydrogen) atoms. The third-order valence-corrected chi connectivity index (χ3v) is 5.74. The number of nitrogens with one attached hydrogen (secondary N) is 2. The molecule has 2 rings (SSSR count). The Hall–Kier alpha value is -0.210. The van der Waals surface area contributed by atoms with E-state index in [1.54, 1.807) is 0 Å². The molecule has 0 amide bonds. The number of piperidine rings is 1. The van der Waals surface area contributed by atoms with Crippen LogP contribution in [-0.4, -0.2) is 28.1 Å². The van der Waals surface area contributed by atoms with Gasteiger partial charge in [0.15, 0.2) is 0 Å². The largest absolute Gasteiger partial charge is 0.317 e. The number of hydrogen-bond donors (Lipinski definition) is 2. The summed E-state index contributed by atoms with van der Waals surface area (Å²) < 4.78 is 40.6. The Morgan fingerprint density at radius 3 is 2.57 bits per heavy atom. The summed E-state index contributed by atoms with van der Waals surface area (Å²) in [6, 6.07) is 3.81. The van der Waals surface area contributed by atoms with Crippen LogP contribution in [0.4, 0.5) is 4.39 Å². The third-order valence-electron chi connectivity index (χ3n) is 3.70. The maximum absolute atomic E-state index is 13.4. The fraction of sp³-hybridized carbons (Fsp3) is 0.538. The zero-order chi connectivity index (χ0) is 14.8. The second-order valence-corrected chi connectivity index (χ2v) is 8.08. The number of benzene rings is 1. The summed E-state index contributed by atoms with van der Waals surface area (Å²) in [5.74, 6) is -0.582. The van der Waals surface area contributed by atoms with Gasteiger partial charge >= 0.3 is 0 Å². The minimum atomic E-state index is -3.67. The maximum atomic E-state index is 13.4. The van der Waals surface area contributed by atoms with Crippen molar-refractivity contribution < 1.29 is 12.8 Å². The Bertz CT molecular complexity index is 592. The Morgan fingerprint density at radius 1 is 1.38 bits per heavy atom. The van der Waals surface area contributed by atoms with Crippen molar-refractivity contribution in [3.63, 3.8) is 0 Å². The summed E-state index contributed by atoms with van der Waals surface area (Å²) in [5, 5.41) is 3.25. The first-order chi connectivity index (χ1) is 9.32. The molecule has 0 bridgehead atoms. The normalized spacial score (nSPS) is 18.0. The quantitative estimate of drug-likeness (QED) is 0.815. The summed E-state index contributed by atoms with van der Waals surface area (Å²) in [7, 11) is -3.67. The molecule has 8 heteroatoms. The number of halogens is 3. The lowest BCUT2D eigenvalue weighted by atomic mass is 9.81. The van der Waals surface area contributed by atoms with Crippen LogP contribution in [0, 0.1) is 11.2 Å². The van der Waals surface area contributed by atoms with Gasteiger partial charge in [-0.1, -0.05) is 6.92 Å². The van der Waals surface area contributed by atoms with Crippen LogP contribution in [-0.2, 0) is 10.0 Å². The molecule has 1 aliphatic heterocycles. The van der Waals surface area contributed by atoms with Crippen LogP contribution < -0.4 is 10.0 Å². The molecule has 4 nitrogen and oxygen atoms in total. The molecule has 1 saturated heterocycles. The molecule has 1 aliphatic rings. The molecule has 0 radical (unpaired) electrons. The topological polar surface area (TPSA) is 58.2 Å². The van der Waals surface area contributed by atoms with E-state index in [0.29, 0.717) is 6.54 Å². The molecule has 0 spiro atoms. The van der Waals surface area contributed by atoms with Crippen LogP contribution >= 0.6 is 28.3 Å². The maximum Gasteiger partial charge on any atom is 0.240 e. The standard InChI is InChI=1S/C13H18BrFN2O2S.ClH/c1-13(4-6-16-7-5-13)9-17-20(18,19)10-2-3-11(14)12(15)8-10;/h2-3,8,16-17H,4-7,9H2,1H3;1H. The molecule has 1 fully saturated rings. The fourth-order valence-electron chi connectivity index (χ4n) is 2.20. The van der Waals surface area contributed by atoms with Gasteiger partial charge in [0.2, 0.25) is 10.0 Å². The summed E-state index contributed by atoms with van der Waals surface area (Å²) in [5.41, 5.74) is -0.0494. The highest BCUT2D eigenvalue weighted by Crippen LogP contribution is 2.27. The molecule has 0 unspecified atom stereocenters. The highest BCUT2D eigenvalue weighted by Gasteiger charge is 2.28. The van der Waals surface area contributed by atoms with Crippen LogP contribution in [0.1, 0.15) is 19.8 Å². The molecular formula is C13H19BrClFN2O2S. The predicted octanol–water partition coefficient (Wildman–Crippen LogP) is 2.68. The Labute approximate surface area is 139 Å². The highest BCUT2D eigenvalue weighted by atomic mass is 79.9. The van der Waals surface area contributed by atoms with E-state index in [4.69, 9.17) is 0 Å². The van der Waals surface area contributed by atoms with E-state index in [9.17, 15) is 12.8 Å². The first kappa shape index (κ1) is 18.8. The summed E-state index contributed by atoms with van der Waals surface area (Å²) >= 11 is 3.01. The highest BCUT2D eigenvalue weighted by molar-refractivity contribution is 9.10. The van der Waals surface area contributed by atoms with Gasteiger partial charge in [0.25, 0.3) is 0 Å². The second-order valence-electron chi connectivity index (χ2n) is 5.46. The fourth-order valence-corrected chi connectivity index (χ4v) is 3.66. The van der Waals surface area contributed by atoms with E-state index >= 15 is 0 Å². The van der Waals surface area contributed by atoms with Gasteiger partial charge in [-0.25, -0.2) is 17.5 Å². The van der Waals surface area contributed by atoms with Gasteiger partial charge in [-0.3, -0.25) is 0 Å². The molecule has 1 heterocycles. The van der Waals surface area contributed by atoms with Crippen LogP contribution in [0.25, 0.3) is 0 Å². The number of rotatable bonds is 4. The molecule has 0 aromatic heterocycles.